The lowest BCUT2D eigenvalue weighted by Crippen LogP contribution is -2.19. The van der Waals surface area contributed by atoms with Crippen molar-refractivity contribution in [3.8, 4) is 11.5 Å². The molecule has 0 aliphatic carbocycles. The number of carbonyl (C=O) groups is 2. The lowest BCUT2D eigenvalue weighted by atomic mass is 10.1. The maximum Gasteiger partial charge on any atom is 0.379 e. The first-order chi connectivity index (χ1) is 8.54. The Morgan fingerprint density at radius 1 is 1.22 bits per heavy atom. The Morgan fingerprint density at radius 3 is 2.39 bits per heavy atom. The van der Waals surface area contributed by atoms with Gasteiger partial charge in [-0.15, -0.1) is 0 Å². The van der Waals surface area contributed by atoms with Crippen molar-refractivity contribution in [1.29, 1.82) is 0 Å². The third-order valence-electron chi connectivity index (χ3n) is 2.17. The highest BCUT2D eigenvalue weighted by molar-refractivity contribution is 6.40. The van der Waals surface area contributed by atoms with Crippen LogP contribution in [0, 0.1) is 5.82 Å². The van der Waals surface area contributed by atoms with Gasteiger partial charge in [0.2, 0.25) is 0 Å². The molecule has 0 saturated heterocycles. The molecule has 18 heavy (non-hydrogen) atoms. The van der Waals surface area contributed by atoms with Crippen LogP contribution in [0.3, 0.4) is 0 Å². The fourth-order valence-corrected chi connectivity index (χ4v) is 1.31. The quantitative estimate of drug-likeness (QED) is 0.455. The Morgan fingerprint density at radius 2 is 1.89 bits per heavy atom. The minimum atomic E-state index is -1.12. The van der Waals surface area contributed by atoms with Crippen molar-refractivity contribution in [2.45, 2.75) is 6.92 Å². The summed E-state index contributed by atoms with van der Waals surface area (Å²) in [7, 11) is 2.60. The van der Waals surface area contributed by atoms with Gasteiger partial charge in [-0.05, 0) is 13.0 Å². The Hall–Kier alpha value is -2.11. The van der Waals surface area contributed by atoms with E-state index in [1.54, 1.807) is 6.92 Å². The minimum absolute atomic E-state index is 0.0350. The third-order valence-corrected chi connectivity index (χ3v) is 2.17. The van der Waals surface area contributed by atoms with Crippen LogP contribution in [-0.2, 0) is 9.53 Å². The maximum absolute atomic E-state index is 13.8. The molecule has 0 amide bonds. The highest BCUT2D eigenvalue weighted by Crippen LogP contribution is 2.27. The molecule has 0 saturated carbocycles. The smallest absolute Gasteiger partial charge is 0.379 e. The number of rotatable bonds is 5. The van der Waals surface area contributed by atoms with Gasteiger partial charge >= 0.3 is 5.97 Å². The predicted molar refractivity (Wildman–Crippen MR) is 60.5 cm³/mol. The fraction of sp³-hybridized carbons (Fsp3) is 0.333. The summed E-state index contributed by atoms with van der Waals surface area (Å²) in [6.45, 7) is 1.58. The van der Waals surface area contributed by atoms with E-state index in [9.17, 15) is 14.0 Å². The summed E-state index contributed by atoms with van der Waals surface area (Å²) in [5, 5.41) is 0. The number of benzene rings is 1. The Kier molecular flexibility index (Phi) is 4.65. The Bertz CT molecular complexity index is 470. The van der Waals surface area contributed by atoms with Gasteiger partial charge in [0.1, 0.15) is 5.75 Å². The summed E-state index contributed by atoms with van der Waals surface area (Å²) < 4.78 is 28.0. The molecule has 6 heteroatoms. The molecule has 0 radical (unpaired) electrons. The summed E-state index contributed by atoms with van der Waals surface area (Å²) in [5.41, 5.74) is -0.440. The summed E-state index contributed by atoms with van der Waals surface area (Å²) in [4.78, 5) is 22.9. The molecule has 5 nitrogen and oxygen atoms in total. The van der Waals surface area contributed by atoms with Crippen LogP contribution in [0.1, 0.15) is 17.3 Å². The topological polar surface area (TPSA) is 61.8 Å². The zero-order chi connectivity index (χ0) is 13.7. The summed E-state index contributed by atoms with van der Waals surface area (Å²) >= 11 is 0. The highest BCUT2D eigenvalue weighted by atomic mass is 19.1. The zero-order valence-electron chi connectivity index (χ0n) is 10.3. The van der Waals surface area contributed by atoms with Crippen LogP contribution in [0.2, 0.25) is 0 Å². The van der Waals surface area contributed by atoms with Crippen LogP contribution >= 0.6 is 0 Å². The first kappa shape index (κ1) is 14.0. The molecule has 0 atom stereocenters. The van der Waals surface area contributed by atoms with Crippen molar-refractivity contribution in [2.24, 2.45) is 0 Å². The van der Waals surface area contributed by atoms with Crippen molar-refractivity contribution in [1.82, 2.24) is 0 Å². The molecular formula is C12H13FO5. The van der Waals surface area contributed by atoms with Crippen LogP contribution in [0.5, 0.6) is 11.5 Å². The number of ketones is 1. The molecule has 0 aliphatic rings. The molecule has 98 valence electrons. The van der Waals surface area contributed by atoms with Crippen LogP contribution < -0.4 is 9.47 Å². The molecule has 0 bridgehead atoms. The second-order valence-electron chi connectivity index (χ2n) is 3.24. The van der Waals surface area contributed by atoms with E-state index >= 15 is 0 Å². The van der Waals surface area contributed by atoms with Gasteiger partial charge in [-0.3, -0.25) is 4.79 Å². The second kappa shape index (κ2) is 6.00. The van der Waals surface area contributed by atoms with E-state index in [0.29, 0.717) is 0 Å². The minimum Gasteiger partial charge on any atom is -0.497 e. The monoisotopic (exact) mass is 256 g/mol. The number of carbonyl (C=O) groups excluding carboxylic acids is 2. The number of halogens is 1. The molecule has 0 aliphatic heterocycles. The van der Waals surface area contributed by atoms with E-state index in [1.165, 1.54) is 20.3 Å². The normalized spacial score (nSPS) is 9.78. The average molecular weight is 256 g/mol. The van der Waals surface area contributed by atoms with E-state index in [0.717, 1.165) is 6.07 Å². The molecule has 1 aromatic carbocycles. The van der Waals surface area contributed by atoms with Gasteiger partial charge in [-0.25, -0.2) is 9.18 Å². The Labute approximate surface area is 103 Å². The highest BCUT2D eigenvalue weighted by Gasteiger charge is 2.24. The third kappa shape index (κ3) is 2.77. The SMILES string of the molecule is CCOC(=O)C(=O)c1cc(OC)cc(OC)c1F. The zero-order valence-corrected chi connectivity index (χ0v) is 10.3. The molecule has 0 heterocycles. The van der Waals surface area contributed by atoms with Gasteiger partial charge in [0, 0.05) is 6.07 Å². The second-order valence-corrected chi connectivity index (χ2v) is 3.24. The summed E-state index contributed by atoms with van der Waals surface area (Å²) in [6.07, 6.45) is 0. The van der Waals surface area contributed by atoms with Crippen LogP contribution in [0.4, 0.5) is 4.39 Å². The molecule has 1 aromatic rings. The van der Waals surface area contributed by atoms with Gasteiger partial charge in [-0.1, -0.05) is 0 Å². The molecule has 0 unspecified atom stereocenters. The molecule has 0 fully saturated rings. The molecule has 0 spiro atoms. The Balaban J connectivity index is 3.22. The van der Waals surface area contributed by atoms with Gasteiger partial charge in [0.25, 0.3) is 5.78 Å². The lowest BCUT2D eigenvalue weighted by Gasteiger charge is -2.09. The van der Waals surface area contributed by atoms with Crippen molar-refractivity contribution in [3.05, 3.63) is 23.5 Å². The molecular weight excluding hydrogens is 243 g/mol. The van der Waals surface area contributed by atoms with Gasteiger partial charge in [0.15, 0.2) is 11.6 Å². The van der Waals surface area contributed by atoms with E-state index in [2.05, 4.69) is 4.74 Å². The van der Waals surface area contributed by atoms with E-state index in [4.69, 9.17) is 9.47 Å². The summed E-state index contributed by atoms with van der Waals surface area (Å²) in [5.74, 6) is -3.09. The average Bonchev–Trinajstić information content (AvgIpc) is 2.38. The summed E-state index contributed by atoms with van der Waals surface area (Å²) in [6, 6.07) is 2.40. The molecule has 1 rings (SSSR count). The number of Topliss-reactive ketones (excluding diaryl/α,β-unsaturated/α-hetero) is 1. The van der Waals surface area contributed by atoms with Crippen molar-refractivity contribution in [3.63, 3.8) is 0 Å². The van der Waals surface area contributed by atoms with E-state index in [-0.39, 0.29) is 18.1 Å². The van der Waals surface area contributed by atoms with Crippen molar-refractivity contribution < 1.29 is 28.2 Å². The first-order valence-electron chi connectivity index (χ1n) is 5.18. The largest absolute Gasteiger partial charge is 0.497 e. The lowest BCUT2D eigenvalue weighted by molar-refractivity contribution is -0.137. The predicted octanol–water partition coefficient (Wildman–Crippen LogP) is 1.59. The standard InChI is InChI=1S/C12H13FO5/c1-4-18-12(15)11(14)8-5-7(16-2)6-9(17-3)10(8)13/h5-6H,4H2,1-3H3. The van der Waals surface area contributed by atoms with Gasteiger partial charge in [0.05, 0.1) is 26.4 Å². The van der Waals surface area contributed by atoms with Crippen molar-refractivity contribution >= 4 is 11.8 Å². The molecule has 0 aromatic heterocycles. The van der Waals surface area contributed by atoms with Gasteiger partial charge < -0.3 is 14.2 Å². The van der Waals surface area contributed by atoms with Crippen LogP contribution in [0.15, 0.2) is 12.1 Å². The maximum atomic E-state index is 13.8. The van der Waals surface area contributed by atoms with Crippen LogP contribution in [-0.4, -0.2) is 32.6 Å². The number of hydrogen-bond donors (Lipinski definition) is 0. The van der Waals surface area contributed by atoms with Crippen LogP contribution in [0.25, 0.3) is 0 Å². The number of esters is 1. The van der Waals surface area contributed by atoms with Gasteiger partial charge in [-0.2, -0.15) is 0 Å². The number of hydrogen-bond acceptors (Lipinski definition) is 5. The first-order valence-corrected chi connectivity index (χ1v) is 5.18. The van der Waals surface area contributed by atoms with E-state index in [1.807, 2.05) is 0 Å². The number of ether oxygens (including phenoxy) is 3. The molecule has 0 N–H and O–H groups in total. The van der Waals surface area contributed by atoms with E-state index < -0.39 is 23.1 Å². The fourth-order valence-electron chi connectivity index (χ4n) is 1.31. The number of methoxy groups -OCH3 is 2. The van der Waals surface area contributed by atoms with Crippen molar-refractivity contribution in [2.75, 3.05) is 20.8 Å².